The number of halogens is 1. The smallest absolute Gasteiger partial charge is 0.123 e. The van der Waals surface area contributed by atoms with Crippen molar-refractivity contribution in [1.29, 1.82) is 0 Å². The number of hydrogen-bond acceptors (Lipinski definition) is 3. The van der Waals surface area contributed by atoms with Gasteiger partial charge in [0.25, 0.3) is 0 Å². The quantitative estimate of drug-likeness (QED) is 0.684. The van der Waals surface area contributed by atoms with Crippen LogP contribution in [0.25, 0.3) is 22.5 Å². The number of benzene rings is 1. The summed E-state index contributed by atoms with van der Waals surface area (Å²) in [6.45, 7) is 0.183. The predicted molar refractivity (Wildman–Crippen MR) is 87.2 cm³/mol. The Morgan fingerprint density at radius 1 is 0.957 bits per heavy atom. The molecule has 118 valence electrons. The van der Waals surface area contributed by atoms with Gasteiger partial charge in [-0.25, -0.2) is 9.37 Å². The third-order valence-electron chi connectivity index (χ3n) is 3.66. The van der Waals surface area contributed by atoms with Crippen molar-refractivity contribution in [2.24, 2.45) is 0 Å². The molecule has 3 aromatic rings. The van der Waals surface area contributed by atoms with Crippen LogP contribution in [0, 0.1) is 5.82 Å². The summed E-state index contributed by atoms with van der Waals surface area (Å²) in [7, 11) is 0. The third kappa shape index (κ3) is 3.63. The first-order chi connectivity index (χ1) is 11.3. The summed E-state index contributed by atoms with van der Waals surface area (Å²) in [6, 6.07) is 10.2. The van der Waals surface area contributed by atoms with Gasteiger partial charge in [-0.1, -0.05) is 0 Å². The van der Waals surface area contributed by atoms with E-state index in [9.17, 15) is 4.39 Å². The molecule has 0 saturated carbocycles. The van der Waals surface area contributed by atoms with Crippen LogP contribution < -0.4 is 0 Å². The average molecular weight is 311 g/mol. The van der Waals surface area contributed by atoms with Crippen molar-refractivity contribution in [2.75, 3.05) is 6.61 Å². The number of unbranched alkanes of at least 4 members (excludes halogenated alkanes) is 1. The van der Waals surface area contributed by atoms with Crippen LogP contribution in [-0.4, -0.2) is 26.7 Å². The molecule has 0 bridgehead atoms. The number of aromatic nitrogens is 3. The number of nitrogens with one attached hydrogen (secondary N) is 1. The second-order valence-corrected chi connectivity index (χ2v) is 5.33. The maximum atomic E-state index is 13.2. The fraction of sp³-hybridized carbons (Fsp3) is 0.222. The number of pyridine rings is 1. The van der Waals surface area contributed by atoms with Gasteiger partial charge in [0.1, 0.15) is 11.6 Å². The first-order valence-corrected chi connectivity index (χ1v) is 7.64. The van der Waals surface area contributed by atoms with Crippen molar-refractivity contribution in [2.45, 2.75) is 19.3 Å². The number of nitrogens with zero attached hydrogens (tertiary/aromatic N) is 2. The number of H-pyrrole nitrogens is 1. The topological polar surface area (TPSA) is 61.8 Å². The Bertz CT molecular complexity index is 754. The number of aryl methyl sites for hydroxylation is 1. The van der Waals surface area contributed by atoms with Crippen molar-refractivity contribution in [3.63, 3.8) is 0 Å². The first-order valence-electron chi connectivity index (χ1n) is 7.64. The largest absolute Gasteiger partial charge is 0.396 e. The van der Waals surface area contributed by atoms with Crippen LogP contribution in [0.1, 0.15) is 18.7 Å². The lowest BCUT2D eigenvalue weighted by Crippen LogP contribution is -1.91. The highest BCUT2D eigenvalue weighted by atomic mass is 19.1. The summed E-state index contributed by atoms with van der Waals surface area (Å²) in [5.41, 5.74) is 3.55. The zero-order valence-corrected chi connectivity index (χ0v) is 12.7. The molecule has 0 amide bonds. The Morgan fingerprint density at radius 2 is 1.70 bits per heavy atom. The summed E-state index contributed by atoms with van der Waals surface area (Å²) in [6.07, 6.45) is 5.84. The maximum Gasteiger partial charge on any atom is 0.123 e. The summed E-state index contributed by atoms with van der Waals surface area (Å²) >= 11 is 0. The lowest BCUT2D eigenvalue weighted by molar-refractivity contribution is 0.284. The van der Waals surface area contributed by atoms with Crippen LogP contribution in [0.3, 0.4) is 0 Å². The van der Waals surface area contributed by atoms with Crippen LogP contribution in [0.2, 0.25) is 0 Å². The van der Waals surface area contributed by atoms with E-state index in [4.69, 9.17) is 5.11 Å². The highest BCUT2D eigenvalue weighted by Crippen LogP contribution is 2.30. The molecule has 0 aliphatic carbocycles. The lowest BCUT2D eigenvalue weighted by Gasteiger charge is -2.02. The molecule has 2 N–H and O–H groups in total. The minimum atomic E-state index is -0.266. The third-order valence-corrected chi connectivity index (χ3v) is 3.66. The van der Waals surface area contributed by atoms with Crippen molar-refractivity contribution in [1.82, 2.24) is 15.0 Å². The molecule has 5 heteroatoms. The Hall–Kier alpha value is -2.53. The van der Waals surface area contributed by atoms with Gasteiger partial charge in [-0.3, -0.25) is 4.98 Å². The van der Waals surface area contributed by atoms with E-state index in [1.54, 1.807) is 24.5 Å². The fourth-order valence-corrected chi connectivity index (χ4v) is 2.49. The van der Waals surface area contributed by atoms with Crippen LogP contribution in [0.4, 0.5) is 4.39 Å². The van der Waals surface area contributed by atoms with Crippen LogP contribution in [-0.2, 0) is 6.42 Å². The highest BCUT2D eigenvalue weighted by molar-refractivity contribution is 5.78. The fourth-order valence-electron chi connectivity index (χ4n) is 2.49. The van der Waals surface area contributed by atoms with Crippen molar-refractivity contribution < 1.29 is 9.50 Å². The molecule has 0 fully saturated rings. The number of hydrogen-bond donors (Lipinski definition) is 2. The Balaban J connectivity index is 2.00. The van der Waals surface area contributed by atoms with Crippen LogP contribution >= 0.6 is 0 Å². The normalized spacial score (nSPS) is 10.9. The minimum absolute atomic E-state index is 0.183. The molecular weight excluding hydrogens is 293 g/mol. The van der Waals surface area contributed by atoms with E-state index < -0.39 is 0 Å². The summed E-state index contributed by atoms with van der Waals surface area (Å²) in [4.78, 5) is 12.1. The molecule has 2 aromatic heterocycles. The zero-order valence-electron chi connectivity index (χ0n) is 12.7. The molecule has 0 unspecified atom stereocenters. The molecule has 0 radical (unpaired) electrons. The number of rotatable bonds is 6. The van der Waals surface area contributed by atoms with E-state index in [0.29, 0.717) is 0 Å². The average Bonchev–Trinajstić information content (AvgIpc) is 3.01. The molecule has 0 aliphatic rings. The molecule has 0 atom stereocenters. The number of aliphatic hydroxyl groups is 1. The molecule has 23 heavy (non-hydrogen) atoms. The number of aromatic amines is 1. The van der Waals surface area contributed by atoms with Crippen LogP contribution in [0.15, 0.2) is 48.8 Å². The Labute approximate surface area is 134 Å². The molecule has 3 rings (SSSR count). The van der Waals surface area contributed by atoms with E-state index in [-0.39, 0.29) is 12.4 Å². The first kappa shape index (κ1) is 15.4. The minimum Gasteiger partial charge on any atom is -0.396 e. The maximum absolute atomic E-state index is 13.2. The Kier molecular flexibility index (Phi) is 4.78. The molecule has 4 nitrogen and oxygen atoms in total. The van der Waals surface area contributed by atoms with Gasteiger partial charge in [0.2, 0.25) is 0 Å². The molecule has 0 aliphatic heterocycles. The Morgan fingerprint density at radius 3 is 2.39 bits per heavy atom. The van der Waals surface area contributed by atoms with E-state index in [0.717, 1.165) is 47.6 Å². The summed E-state index contributed by atoms with van der Waals surface area (Å²) in [5, 5.41) is 8.91. The molecule has 2 heterocycles. The lowest BCUT2D eigenvalue weighted by atomic mass is 10.1. The molecular formula is C18H18FN3O. The van der Waals surface area contributed by atoms with Crippen molar-refractivity contribution in [3.05, 3.63) is 60.4 Å². The molecule has 0 spiro atoms. The van der Waals surface area contributed by atoms with Gasteiger partial charge in [-0.05, 0) is 49.2 Å². The van der Waals surface area contributed by atoms with E-state index in [1.165, 1.54) is 12.1 Å². The van der Waals surface area contributed by atoms with Gasteiger partial charge in [0.05, 0.1) is 11.4 Å². The van der Waals surface area contributed by atoms with Gasteiger partial charge in [0.15, 0.2) is 0 Å². The van der Waals surface area contributed by atoms with Crippen molar-refractivity contribution >= 4 is 0 Å². The van der Waals surface area contributed by atoms with Gasteiger partial charge in [0, 0.05) is 36.5 Å². The predicted octanol–water partition coefficient (Wildman–Crippen LogP) is 3.59. The molecule has 0 saturated heterocycles. The highest BCUT2D eigenvalue weighted by Gasteiger charge is 2.14. The van der Waals surface area contributed by atoms with Gasteiger partial charge >= 0.3 is 0 Å². The second-order valence-electron chi connectivity index (χ2n) is 5.33. The number of aliphatic hydroxyl groups excluding tert-OH is 1. The second kappa shape index (κ2) is 7.15. The van der Waals surface area contributed by atoms with Gasteiger partial charge in [-0.15, -0.1) is 0 Å². The molecule has 1 aromatic carbocycles. The van der Waals surface area contributed by atoms with Gasteiger partial charge in [-0.2, -0.15) is 0 Å². The summed E-state index contributed by atoms with van der Waals surface area (Å²) in [5.74, 6) is 0.600. The zero-order chi connectivity index (χ0) is 16.1. The SMILES string of the molecule is OCCCCc1nc(-c2ccc(F)cc2)c(-c2ccncc2)[nH]1. The number of imidazole rings is 1. The van der Waals surface area contributed by atoms with E-state index in [2.05, 4.69) is 15.0 Å². The van der Waals surface area contributed by atoms with E-state index in [1.807, 2.05) is 12.1 Å². The van der Waals surface area contributed by atoms with Crippen molar-refractivity contribution in [3.8, 4) is 22.5 Å². The monoisotopic (exact) mass is 311 g/mol. The van der Waals surface area contributed by atoms with Crippen LogP contribution in [0.5, 0.6) is 0 Å². The van der Waals surface area contributed by atoms with E-state index >= 15 is 0 Å². The summed E-state index contributed by atoms with van der Waals surface area (Å²) < 4.78 is 13.2. The van der Waals surface area contributed by atoms with Gasteiger partial charge < -0.3 is 10.1 Å². The standard InChI is InChI=1S/C18H18FN3O/c19-15-6-4-13(5-7-15)17-18(14-8-10-20-11-9-14)22-16(21-17)3-1-2-12-23/h4-11,23H,1-3,12H2,(H,21,22).